The molecule has 0 saturated carbocycles. The minimum Gasteiger partial charge on any atom is -0.202 e. The Balaban J connectivity index is 3.98. The fourth-order valence-corrected chi connectivity index (χ4v) is 2.32. The van der Waals surface area contributed by atoms with Crippen LogP contribution in [0.5, 0.6) is 0 Å². The van der Waals surface area contributed by atoms with Crippen LogP contribution in [0.4, 0.5) is 0 Å². The third-order valence-electron chi connectivity index (χ3n) is 2.11. The van der Waals surface area contributed by atoms with Crippen molar-refractivity contribution >= 4 is 10.2 Å². The molecule has 5 heteroatoms. The lowest BCUT2D eigenvalue weighted by Gasteiger charge is -2.15. The van der Waals surface area contributed by atoms with E-state index in [2.05, 4.69) is 23.3 Å². The van der Waals surface area contributed by atoms with Gasteiger partial charge in [0, 0.05) is 12.6 Å². The molecule has 0 rings (SSSR count). The first-order valence-corrected chi connectivity index (χ1v) is 6.66. The van der Waals surface area contributed by atoms with Crippen molar-refractivity contribution in [2.45, 2.75) is 46.6 Å². The average Bonchev–Trinajstić information content (AvgIpc) is 2.03. The summed E-state index contributed by atoms with van der Waals surface area (Å²) in [6, 6.07) is -0.0609. The number of nitrogens with one attached hydrogen (secondary N) is 2. The standard InChI is InChI=1S/C9H22N2O2S/c1-5-9(6-2)7-10-14(12,13)11-8(3)4/h8-11H,5-7H2,1-4H3. The van der Waals surface area contributed by atoms with Crippen molar-refractivity contribution in [3.8, 4) is 0 Å². The number of hydrogen-bond acceptors (Lipinski definition) is 2. The highest BCUT2D eigenvalue weighted by Gasteiger charge is 2.12. The molecule has 0 fully saturated rings. The predicted octanol–water partition coefficient (Wildman–Crippen LogP) is 1.25. The lowest BCUT2D eigenvalue weighted by molar-refractivity contribution is 0.474. The van der Waals surface area contributed by atoms with Crippen molar-refractivity contribution in [3.05, 3.63) is 0 Å². The molecule has 0 aromatic carbocycles. The molecule has 0 atom stereocenters. The third kappa shape index (κ3) is 6.34. The summed E-state index contributed by atoms with van der Waals surface area (Å²) >= 11 is 0. The minimum atomic E-state index is -3.30. The third-order valence-corrected chi connectivity index (χ3v) is 3.44. The summed E-state index contributed by atoms with van der Waals surface area (Å²) in [6.45, 7) is 8.26. The van der Waals surface area contributed by atoms with Crippen LogP contribution in [0.2, 0.25) is 0 Å². The van der Waals surface area contributed by atoms with E-state index in [4.69, 9.17) is 0 Å². The lowest BCUT2D eigenvalue weighted by atomic mass is 10.0. The Bertz CT molecular complexity index is 233. The van der Waals surface area contributed by atoms with Gasteiger partial charge in [-0.2, -0.15) is 13.1 Å². The van der Waals surface area contributed by atoms with Crippen LogP contribution in [-0.4, -0.2) is 21.0 Å². The van der Waals surface area contributed by atoms with E-state index in [9.17, 15) is 8.42 Å². The predicted molar refractivity (Wildman–Crippen MR) is 59.3 cm³/mol. The summed E-state index contributed by atoms with van der Waals surface area (Å²) in [4.78, 5) is 0. The van der Waals surface area contributed by atoms with Crippen LogP contribution >= 0.6 is 0 Å². The maximum Gasteiger partial charge on any atom is 0.277 e. The van der Waals surface area contributed by atoms with Crippen LogP contribution in [0.25, 0.3) is 0 Å². The van der Waals surface area contributed by atoms with Gasteiger partial charge in [-0.25, -0.2) is 4.72 Å². The fraction of sp³-hybridized carbons (Fsp3) is 1.00. The smallest absolute Gasteiger partial charge is 0.202 e. The van der Waals surface area contributed by atoms with Gasteiger partial charge in [0.2, 0.25) is 0 Å². The van der Waals surface area contributed by atoms with Crippen molar-refractivity contribution < 1.29 is 8.42 Å². The second kappa shape index (κ2) is 6.37. The molecule has 0 aromatic heterocycles. The molecule has 0 heterocycles. The number of hydrogen-bond donors (Lipinski definition) is 2. The van der Waals surface area contributed by atoms with Gasteiger partial charge in [0.05, 0.1) is 0 Å². The van der Waals surface area contributed by atoms with E-state index in [0.717, 1.165) is 12.8 Å². The first-order chi connectivity index (χ1) is 6.41. The van der Waals surface area contributed by atoms with Crippen molar-refractivity contribution in [1.29, 1.82) is 0 Å². The molecule has 0 aliphatic heterocycles. The van der Waals surface area contributed by atoms with Gasteiger partial charge in [0.15, 0.2) is 0 Å². The van der Waals surface area contributed by atoms with Crippen LogP contribution in [0.15, 0.2) is 0 Å². The molecule has 2 N–H and O–H groups in total. The van der Waals surface area contributed by atoms with Crippen LogP contribution in [0.1, 0.15) is 40.5 Å². The Hall–Kier alpha value is -0.130. The molecule has 0 aromatic rings. The van der Waals surface area contributed by atoms with E-state index in [1.807, 2.05) is 0 Å². The second-order valence-electron chi connectivity index (χ2n) is 3.81. The van der Waals surface area contributed by atoms with Gasteiger partial charge >= 0.3 is 0 Å². The highest BCUT2D eigenvalue weighted by atomic mass is 32.2. The van der Waals surface area contributed by atoms with Crippen molar-refractivity contribution in [1.82, 2.24) is 9.44 Å². The molecule has 0 aliphatic rings. The van der Waals surface area contributed by atoms with Crippen LogP contribution in [-0.2, 0) is 10.2 Å². The van der Waals surface area contributed by atoms with E-state index >= 15 is 0 Å². The zero-order valence-corrected chi connectivity index (χ0v) is 10.3. The van der Waals surface area contributed by atoms with Gasteiger partial charge in [-0.1, -0.05) is 26.7 Å². The topological polar surface area (TPSA) is 58.2 Å². The van der Waals surface area contributed by atoms with E-state index in [-0.39, 0.29) is 6.04 Å². The van der Waals surface area contributed by atoms with Gasteiger partial charge in [-0.15, -0.1) is 0 Å². The Morgan fingerprint density at radius 2 is 1.64 bits per heavy atom. The Kier molecular flexibility index (Phi) is 6.31. The highest BCUT2D eigenvalue weighted by Crippen LogP contribution is 2.05. The second-order valence-corrected chi connectivity index (χ2v) is 5.34. The summed E-state index contributed by atoms with van der Waals surface area (Å²) in [5, 5.41) is 0. The first kappa shape index (κ1) is 13.9. The average molecular weight is 222 g/mol. The summed E-state index contributed by atoms with van der Waals surface area (Å²) in [5.41, 5.74) is 0. The number of rotatable bonds is 7. The summed E-state index contributed by atoms with van der Waals surface area (Å²) < 4.78 is 27.7. The molecule has 4 nitrogen and oxygen atoms in total. The van der Waals surface area contributed by atoms with Crippen LogP contribution < -0.4 is 9.44 Å². The largest absolute Gasteiger partial charge is 0.277 e. The normalized spacial score (nSPS) is 12.7. The van der Waals surface area contributed by atoms with Gasteiger partial charge < -0.3 is 0 Å². The van der Waals surface area contributed by atoms with Crippen molar-refractivity contribution in [3.63, 3.8) is 0 Å². The summed E-state index contributed by atoms with van der Waals surface area (Å²) in [6.07, 6.45) is 2.00. The summed E-state index contributed by atoms with van der Waals surface area (Å²) in [7, 11) is -3.30. The van der Waals surface area contributed by atoms with Crippen molar-refractivity contribution in [2.24, 2.45) is 5.92 Å². The van der Waals surface area contributed by atoms with Crippen LogP contribution in [0, 0.1) is 5.92 Å². The molecule has 14 heavy (non-hydrogen) atoms. The van der Waals surface area contributed by atoms with Gasteiger partial charge in [-0.05, 0) is 19.8 Å². The highest BCUT2D eigenvalue weighted by molar-refractivity contribution is 7.87. The molecular weight excluding hydrogens is 200 g/mol. The van der Waals surface area contributed by atoms with E-state index in [0.29, 0.717) is 12.5 Å². The molecule has 0 bridgehead atoms. The maximum absolute atomic E-state index is 11.4. The first-order valence-electron chi connectivity index (χ1n) is 5.18. The van der Waals surface area contributed by atoms with E-state index in [1.165, 1.54) is 0 Å². The minimum absolute atomic E-state index is 0.0609. The quantitative estimate of drug-likeness (QED) is 0.681. The SMILES string of the molecule is CCC(CC)CNS(=O)(=O)NC(C)C. The van der Waals surface area contributed by atoms with Crippen LogP contribution in [0.3, 0.4) is 0 Å². The fourth-order valence-electron chi connectivity index (χ4n) is 1.16. The Morgan fingerprint density at radius 1 is 1.14 bits per heavy atom. The van der Waals surface area contributed by atoms with Gasteiger partial charge in [-0.3, -0.25) is 0 Å². The zero-order valence-electron chi connectivity index (χ0n) is 9.50. The van der Waals surface area contributed by atoms with Gasteiger partial charge in [0.1, 0.15) is 0 Å². The van der Waals surface area contributed by atoms with Gasteiger partial charge in [0.25, 0.3) is 10.2 Å². The molecule has 0 saturated heterocycles. The monoisotopic (exact) mass is 222 g/mol. The molecule has 0 aliphatic carbocycles. The lowest BCUT2D eigenvalue weighted by Crippen LogP contribution is -2.42. The Labute approximate surface area is 87.7 Å². The maximum atomic E-state index is 11.4. The molecule has 0 amide bonds. The molecular formula is C9H22N2O2S. The van der Waals surface area contributed by atoms with Crippen molar-refractivity contribution in [2.75, 3.05) is 6.54 Å². The molecule has 86 valence electrons. The molecule has 0 spiro atoms. The molecule has 0 unspecified atom stereocenters. The summed E-state index contributed by atoms with van der Waals surface area (Å²) in [5.74, 6) is 0.429. The Morgan fingerprint density at radius 3 is 2.00 bits per heavy atom. The van der Waals surface area contributed by atoms with E-state index in [1.54, 1.807) is 13.8 Å². The van der Waals surface area contributed by atoms with E-state index < -0.39 is 10.2 Å². The zero-order chi connectivity index (χ0) is 11.2. The molecule has 0 radical (unpaired) electrons.